The third-order valence-electron chi connectivity index (χ3n) is 6.69. The van der Waals surface area contributed by atoms with E-state index in [9.17, 15) is 0 Å². The van der Waals surface area contributed by atoms with Gasteiger partial charge in [0.2, 0.25) is 0 Å². The number of rotatable bonds is 6. The summed E-state index contributed by atoms with van der Waals surface area (Å²) in [7, 11) is 0. The van der Waals surface area contributed by atoms with Gasteiger partial charge in [0, 0.05) is 22.5 Å². The van der Waals surface area contributed by atoms with Gasteiger partial charge in [-0.25, -0.2) is 9.97 Å². The normalized spacial score (nSPS) is 18.4. The van der Waals surface area contributed by atoms with Crippen LogP contribution in [0.4, 0.5) is 5.82 Å². The van der Waals surface area contributed by atoms with Crippen molar-refractivity contribution in [3.8, 4) is 22.5 Å². The first kappa shape index (κ1) is 21.9. The lowest BCUT2D eigenvalue weighted by Crippen LogP contribution is -2.26. The quantitative estimate of drug-likeness (QED) is 0.335. The van der Waals surface area contributed by atoms with Crippen molar-refractivity contribution in [2.75, 3.05) is 18.4 Å². The van der Waals surface area contributed by atoms with Crippen molar-refractivity contribution in [2.24, 2.45) is 17.6 Å². The van der Waals surface area contributed by atoms with Crippen LogP contribution in [0.2, 0.25) is 5.02 Å². The lowest BCUT2D eigenvalue weighted by atomic mass is 9.81. The van der Waals surface area contributed by atoms with Crippen LogP contribution in [0, 0.1) is 11.8 Å². The van der Waals surface area contributed by atoms with Crippen LogP contribution >= 0.6 is 11.6 Å². The number of benzene rings is 3. The molecule has 5 heteroatoms. The molecule has 0 saturated heterocycles. The number of hydrogen-bond acceptors (Lipinski definition) is 4. The number of nitrogens with zero attached hydrogens (tertiary/aromatic N) is 2. The maximum absolute atomic E-state index is 6.30. The molecule has 1 fully saturated rings. The van der Waals surface area contributed by atoms with Gasteiger partial charge in [-0.2, -0.15) is 0 Å². The Bertz CT molecular complexity index is 1220. The van der Waals surface area contributed by atoms with Crippen LogP contribution in [0.25, 0.3) is 33.4 Å². The van der Waals surface area contributed by atoms with Crippen molar-refractivity contribution >= 4 is 28.3 Å². The fraction of sp³-hybridized carbons (Fsp3) is 0.286. The van der Waals surface area contributed by atoms with E-state index in [-0.39, 0.29) is 0 Å². The highest BCUT2D eigenvalue weighted by molar-refractivity contribution is 6.31. The number of halogens is 1. The van der Waals surface area contributed by atoms with Gasteiger partial charge in [0.05, 0.1) is 5.52 Å². The summed E-state index contributed by atoms with van der Waals surface area (Å²) in [5.74, 6) is 2.84. The largest absolute Gasteiger partial charge is 0.369 e. The van der Waals surface area contributed by atoms with Crippen LogP contribution in [0.1, 0.15) is 25.7 Å². The Morgan fingerprint density at radius 3 is 2.36 bits per heavy atom. The van der Waals surface area contributed by atoms with Crippen molar-refractivity contribution in [3.63, 3.8) is 0 Å². The van der Waals surface area contributed by atoms with Gasteiger partial charge >= 0.3 is 0 Å². The average Bonchev–Trinajstić information content (AvgIpc) is 2.87. The summed E-state index contributed by atoms with van der Waals surface area (Å²) in [4.78, 5) is 9.77. The summed E-state index contributed by atoms with van der Waals surface area (Å²) in [5.41, 5.74) is 10.1. The van der Waals surface area contributed by atoms with E-state index in [1.165, 1.54) is 36.8 Å². The maximum atomic E-state index is 6.30. The fourth-order valence-electron chi connectivity index (χ4n) is 4.85. The summed E-state index contributed by atoms with van der Waals surface area (Å²) in [6.45, 7) is 1.69. The van der Waals surface area contributed by atoms with Gasteiger partial charge in [-0.1, -0.05) is 72.6 Å². The average molecular weight is 457 g/mol. The van der Waals surface area contributed by atoms with Gasteiger partial charge in [0.15, 0.2) is 5.82 Å². The number of nitrogens with one attached hydrogen (secondary N) is 1. The molecule has 1 aliphatic carbocycles. The zero-order valence-electron chi connectivity index (χ0n) is 18.7. The number of anilines is 1. The second-order valence-corrected chi connectivity index (χ2v) is 9.45. The molecule has 1 heterocycles. The Morgan fingerprint density at radius 2 is 1.58 bits per heavy atom. The highest BCUT2D eigenvalue weighted by atomic mass is 35.5. The second kappa shape index (κ2) is 9.90. The van der Waals surface area contributed by atoms with Crippen LogP contribution in [-0.2, 0) is 0 Å². The predicted octanol–water partition coefficient (Wildman–Crippen LogP) is 6.79. The first-order valence-electron chi connectivity index (χ1n) is 11.8. The lowest BCUT2D eigenvalue weighted by Gasteiger charge is -2.28. The number of fused-ring (bicyclic) bond motifs is 1. The van der Waals surface area contributed by atoms with Crippen molar-refractivity contribution < 1.29 is 0 Å². The topological polar surface area (TPSA) is 63.8 Å². The molecule has 3 N–H and O–H groups in total. The van der Waals surface area contributed by atoms with Crippen molar-refractivity contribution in [2.45, 2.75) is 25.7 Å². The zero-order valence-corrected chi connectivity index (χ0v) is 19.4. The smallest absolute Gasteiger partial charge is 0.162 e. The SMILES string of the molecule is NCC1CCCC(CNc2nc(-c3ccc(-c4ccccc4)cc3)nc3cc(Cl)ccc23)C1. The highest BCUT2D eigenvalue weighted by Gasteiger charge is 2.21. The molecular weight excluding hydrogens is 428 g/mol. The van der Waals surface area contributed by atoms with Crippen LogP contribution in [0.5, 0.6) is 0 Å². The fourth-order valence-corrected chi connectivity index (χ4v) is 5.02. The molecular formula is C28H29ClN4. The van der Waals surface area contributed by atoms with Crippen molar-refractivity contribution in [3.05, 3.63) is 77.8 Å². The van der Waals surface area contributed by atoms with Crippen LogP contribution < -0.4 is 11.1 Å². The van der Waals surface area contributed by atoms with E-state index in [0.717, 1.165) is 35.4 Å². The first-order valence-corrected chi connectivity index (χ1v) is 12.1. The summed E-state index contributed by atoms with van der Waals surface area (Å²) in [6, 6.07) is 24.6. The van der Waals surface area contributed by atoms with Crippen molar-refractivity contribution in [1.29, 1.82) is 0 Å². The summed E-state index contributed by atoms with van der Waals surface area (Å²) < 4.78 is 0. The van der Waals surface area contributed by atoms with E-state index in [1.54, 1.807) is 0 Å². The van der Waals surface area contributed by atoms with E-state index in [1.807, 2.05) is 24.3 Å². The molecule has 2 unspecified atom stereocenters. The molecule has 3 aromatic carbocycles. The number of hydrogen-bond donors (Lipinski definition) is 2. The molecule has 33 heavy (non-hydrogen) atoms. The molecule has 168 valence electrons. The molecule has 1 aromatic heterocycles. The highest BCUT2D eigenvalue weighted by Crippen LogP contribution is 2.31. The van der Waals surface area contributed by atoms with E-state index in [4.69, 9.17) is 27.3 Å². The van der Waals surface area contributed by atoms with E-state index in [0.29, 0.717) is 22.7 Å². The predicted molar refractivity (Wildman–Crippen MR) is 138 cm³/mol. The van der Waals surface area contributed by atoms with E-state index >= 15 is 0 Å². The van der Waals surface area contributed by atoms with Gasteiger partial charge in [0.25, 0.3) is 0 Å². The third-order valence-corrected chi connectivity index (χ3v) is 6.93. The molecule has 1 saturated carbocycles. The zero-order chi connectivity index (χ0) is 22.6. The minimum absolute atomic E-state index is 0.623. The number of nitrogens with two attached hydrogens (primary N) is 1. The third kappa shape index (κ3) is 5.02. The minimum Gasteiger partial charge on any atom is -0.369 e. The lowest BCUT2D eigenvalue weighted by molar-refractivity contribution is 0.281. The standard InChI is InChI=1S/C28H29ClN4/c29-24-13-14-25-26(16-24)32-27(23-11-9-22(10-12-23)21-7-2-1-3-8-21)33-28(25)31-18-20-6-4-5-19(15-20)17-30/h1-3,7-14,16,19-20H,4-6,15,17-18,30H2,(H,31,32,33). The van der Waals surface area contributed by atoms with Crippen molar-refractivity contribution in [1.82, 2.24) is 9.97 Å². The Kier molecular flexibility index (Phi) is 6.56. The summed E-state index contributed by atoms with van der Waals surface area (Å²) in [5, 5.41) is 5.31. The molecule has 0 amide bonds. The van der Waals surface area contributed by atoms with Gasteiger partial charge < -0.3 is 11.1 Å². The Hall–Kier alpha value is -2.95. The van der Waals surface area contributed by atoms with Gasteiger partial charge in [0.1, 0.15) is 5.82 Å². The molecule has 4 aromatic rings. The monoisotopic (exact) mass is 456 g/mol. The molecule has 0 aliphatic heterocycles. The molecule has 2 atom stereocenters. The van der Waals surface area contributed by atoms with E-state index in [2.05, 4.69) is 53.8 Å². The Labute approximate surface area is 200 Å². The number of aromatic nitrogens is 2. The Balaban J connectivity index is 1.44. The second-order valence-electron chi connectivity index (χ2n) is 9.02. The molecule has 5 rings (SSSR count). The van der Waals surface area contributed by atoms with Gasteiger partial charge in [-0.3, -0.25) is 0 Å². The molecule has 4 nitrogen and oxygen atoms in total. The molecule has 0 spiro atoms. The van der Waals surface area contributed by atoms with Crippen LogP contribution in [-0.4, -0.2) is 23.1 Å². The molecule has 0 bridgehead atoms. The van der Waals surface area contributed by atoms with Gasteiger partial charge in [-0.15, -0.1) is 0 Å². The first-order chi connectivity index (χ1) is 16.2. The van der Waals surface area contributed by atoms with E-state index < -0.39 is 0 Å². The van der Waals surface area contributed by atoms with Gasteiger partial charge in [-0.05, 0) is 67.0 Å². The molecule has 0 radical (unpaired) electrons. The van der Waals surface area contributed by atoms with Crippen LogP contribution in [0.3, 0.4) is 0 Å². The summed E-state index contributed by atoms with van der Waals surface area (Å²) >= 11 is 6.30. The maximum Gasteiger partial charge on any atom is 0.162 e. The minimum atomic E-state index is 0.623. The molecule has 1 aliphatic rings. The van der Waals surface area contributed by atoms with Crippen LogP contribution in [0.15, 0.2) is 72.8 Å². The summed E-state index contributed by atoms with van der Waals surface area (Å²) in [6.07, 6.45) is 4.94. The Morgan fingerprint density at radius 1 is 0.848 bits per heavy atom.